The van der Waals surface area contributed by atoms with Gasteiger partial charge in [-0.25, -0.2) is 8.42 Å². The molecule has 0 saturated carbocycles. The Kier molecular flexibility index (Phi) is 2.68. The van der Waals surface area contributed by atoms with Crippen molar-refractivity contribution in [1.29, 1.82) is 0 Å². The predicted octanol–water partition coefficient (Wildman–Crippen LogP) is 1.55. The number of furan rings is 1. The molecule has 0 aromatic carbocycles. The van der Waals surface area contributed by atoms with Gasteiger partial charge < -0.3 is 4.42 Å². The Morgan fingerprint density at radius 3 is 2.79 bits per heavy atom. The van der Waals surface area contributed by atoms with Crippen LogP contribution in [0.1, 0.15) is 0 Å². The van der Waals surface area contributed by atoms with E-state index in [4.69, 9.17) is 4.42 Å². The second-order valence-corrected chi connectivity index (χ2v) is 6.57. The van der Waals surface area contributed by atoms with Gasteiger partial charge >= 0.3 is 0 Å². The van der Waals surface area contributed by atoms with Crippen LogP contribution < -0.4 is 0 Å². The molecule has 19 heavy (non-hydrogen) atoms. The van der Waals surface area contributed by atoms with Gasteiger partial charge in [-0.2, -0.15) is 19.6 Å². The van der Waals surface area contributed by atoms with E-state index in [-0.39, 0.29) is 11.0 Å². The van der Waals surface area contributed by atoms with Gasteiger partial charge in [-0.05, 0) is 28.1 Å². The fourth-order valence-corrected chi connectivity index (χ4v) is 2.42. The quantitative estimate of drug-likeness (QED) is 0.701. The minimum absolute atomic E-state index is 0.271. The van der Waals surface area contributed by atoms with Gasteiger partial charge in [-0.15, -0.1) is 0 Å². The number of hydrogen-bond acceptors (Lipinski definition) is 6. The van der Waals surface area contributed by atoms with E-state index in [0.29, 0.717) is 15.9 Å². The van der Waals surface area contributed by atoms with Crippen molar-refractivity contribution in [2.45, 2.75) is 5.16 Å². The van der Waals surface area contributed by atoms with E-state index in [2.05, 4.69) is 31.0 Å². The molecule has 9 heteroatoms. The molecule has 0 aliphatic rings. The lowest BCUT2D eigenvalue weighted by molar-refractivity contribution is 0.568. The molecule has 0 radical (unpaired) electrons. The van der Waals surface area contributed by atoms with Gasteiger partial charge in [0, 0.05) is 6.26 Å². The lowest BCUT2D eigenvalue weighted by atomic mass is 10.4. The number of hydrogen-bond donors (Lipinski definition) is 0. The van der Waals surface area contributed by atoms with Crippen LogP contribution in [0.2, 0.25) is 0 Å². The summed E-state index contributed by atoms with van der Waals surface area (Å²) in [6.45, 7) is 0. The standard InChI is InChI=1S/C10H7BrN4O3S/c1-19(16,17)10-13-8-6(11)5-12-15(8)9(14-10)7-3-2-4-18-7/h2-5H,1H3. The Morgan fingerprint density at radius 1 is 1.37 bits per heavy atom. The number of aromatic nitrogens is 4. The predicted molar refractivity (Wildman–Crippen MR) is 69.3 cm³/mol. The molecule has 3 rings (SSSR count). The molecule has 0 spiro atoms. The first-order valence-corrected chi connectivity index (χ1v) is 7.80. The van der Waals surface area contributed by atoms with E-state index in [1.807, 2.05) is 0 Å². The van der Waals surface area contributed by atoms with Crippen molar-refractivity contribution in [1.82, 2.24) is 19.6 Å². The molecule has 0 amide bonds. The molecule has 0 N–H and O–H groups in total. The molecule has 0 saturated heterocycles. The molecule has 0 atom stereocenters. The molecule has 3 heterocycles. The maximum atomic E-state index is 11.6. The van der Waals surface area contributed by atoms with E-state index in [1.54, 1.807) is 12.1 Å². The highest BCUT2D eigenvalue weighted by molar-refractivity contribution is 9.10. The van der Waals surface area contributed by atoms with Crippen LogP contribution in [0.3, 0.4) is 0 Å². The van der Waals surface area contributed by atoms with Crippen LogP contribution in [0.5, 0.6) is 0 Å². The largest absolute Gasteiger partial charge is 0.461 e. The summed E-state index contributed by atoms with van der Waals surface area (Å²) in [5.41, 5.74) is 0.363. The number of nitrogens with zero attached hydrogens (tertiary/aromatic N) is 4. The maximum absolute atomic E-state index is 11.6. The van der Waals surface area contributed by atoms with Crippen molar-refractivity contribution < 1.29 is 12.8 Å². The summed E-state index contributed by atoms with van der Waals surface area (Å²) in [4.78, 5) is 8.00. The smallest absolute Gasteiger partial charge is 0.251 e. The Labute approximate surface area is 116 Å². The number of rotatable bonds is 2. The van der Waals surface area contributed by atoms with Gasteiger partial charge in [0.25, 0.3) is 5.16 Å². The Hall–Kier alpha value is -1.74. The molecular weight excluding hydrogens is 336 g/mol. The van der Waals surface area contributed by atoms with E-state index < -0.39 is 9.84 Å². The normalized spacial score (nSPS) is 12.1. The Bertz CT molecular complexity index is 854. The number of halogens is 1. The van der Waals surface area contributed by atoms with Gasteiger partial charge in [-0.1, -0.05) is 0 Å². The highest BCUT2D eigenvalue weighted by Gasteiger charge is 2.20. The second kappa shape index (κ2) is 4.14. The van der Waals surface area contributed by atoms with Crippen molar-refractivity contribution in [2.24, 2.45) is 0 Å². The molecule has 0 aliphatic heterocycles. The van der Waals surface area contributed by atoms with Crippen molar-refractivity contribution in [3.63, 3.8) is 0 Å². The lowest BCUT2D eigenvalue weighted by Gasteiger charge is -2.03. The molecule has 3 aromatic heterocycles. The molecule has 7 nitrogen and oxygen atoms in total. The molecule has 0 unspecified atom stereocenters. The fourth-order valence-electron chi connectivity index (χ4n) is 1.56. The van der Waals surface area contributed by atoms with Crippen LogP contribution >= 0.6 is 15.9 Å². The zero-order valence-corrected chi connectivity index (χ0v) is 12.0. The van der Waals surface area contributed by atoms with Crippen LogP contribution in [0.25, 0.3) is 17.2 Å². The van der Waals surface area contributed by atoms with Crippen molar-refractivity contribution in [3.05, 3.63) is 29.1 Å². The lowest BCUT2D eigenvalue weighted by Crippen LogP contribution is -2.09. The number of sulfone groups is 1. The maximum Gasteiger partial charge on any atom is 0.251 e. The Balaban J connectivity index is 2.43. The first-order valence-electron chi connectivity index (χ1n) is 5.12. The number of fused-ring (bicyclic) bond motifs is 1. The first kappa shape index (κ1) is 12.3. The van der Waals surface area contributed by atoms with Crippen LogP contribution in [0.4, 0.5) is 0 Å². The molecule has 98 valence electrons. The van der Waals surface area contributed by atoms with Crippen molar-refractivity contribution in [3.8, 4) is 11.6 Å². The summed E-state index contributed by atoms with van der Waals surface area (Å²) in [6.07, 6.45) is 4.04. The van der Waals surface area contributed by atoms with Crippen LogP contribution in [-0.2, 0) is 9.84 Å². The van der Waals surface area contributed by atoms with Crippen LogP contribution in [0.15, 0.2) is 38.6 Å². The topological polar surface area (TPSA) is 90.4 Å². The molecule has 0 aliphatic carbocycles. The summed E-state index contributed by atoms with van der Waals surface area (Å²) < 4.78 is 30.5. The zero-order valence-electron chi connectivity index (χ0n) is 9.61. The van der Waals surface area contributed by atoms with E-state index >= 15 is 0 Å². The third-order valence-corrected chi connectivity index (χ3v) is 3.78. The van der Waals surface area contributed by atoms with E-state index in [9.17, 15) is 8.42 Å². The third-order valence-electron chi connectivity index (χ3n) is 2.38. The van der Waals surface area contributed by atoms with E-state index in [0.717, 1.165) is 6.26 Å². The SMILES string of the molecule is CS(=O)(=O)c1nc(-c2ccco2)n2ncc(Br)c2n1. The third kappa shape index (κ3) is 2.04. The monoisotopic (exact) mass is 342 g/mol. The fraction of sp³-hybridized carbons (Fsp3) is 0.100. The average Bonchev–Trinajstić information content (AvgIpc) is 2.97. The minimum atomic E-state index is -3.53. The molecule has 3 aromatic rings. The van der Waals surface area contributed by atoms with Gasteiger partial charge in [0.1, 0.15) is 0 Å². The zero-order chi connectivity index (χ0) is 13.6. The summed E-state index contributed by atoms with van der Waals surface area (Å²) in [5.74, 6) is 0.689. The van der Waals surface area contributed by atoms with Gasteiger partial charge in [0.05, 0.1) is 16.9 Å². The summed E-state index contributed by atoms with van der Waals surface area (Å²) >= 11 is 3.27. The van der Waals surface area contributed by atoms with Gasteiger partial charge in [0.2, 0.25) is 15.7 Å². The van der Waals surface area contributed by atoms with E-state index in [1.165, 1.54) is 17.0 Å². The van der Waals surface area contributed by atoms with Crippen molar-refractivity contribution in [2.75, 3.05) is 6.26 Å². The second-order valence-electron chi connectivity index (χ2n) is 3.81. The summed E-state index contributed by atoms with van der Waals surface area (Å²) in [7, 11) is -3.53. The molecule has 0 fully saturated rings. The summed E-state index contributed by atoms with van der Waals surface area (Å²) in [5, 5.41) is 3.82. The Morgan fingerprint density at radius 2 is 2.16 bits per heavy atom. The van der Waals surface area contributed by atoms with Gasteiger partial charge in [0.15, 0.2) is 11.4 Å². The molecule has 0 bridgehead atoms. The van der Waals surface area contributed by atoms with Crippen LogP contribution in [-0.4, -0.2) is 34.3 Å². The van der Waals surface area contributed by atoms with Crippen LogP contribution in [0, 0.1) is 0 Å². The highest BCUT2D eigenvalue weighted by Crippen LogP contribution is 2.23. The first-order chi connectivity index (χ1) is 8.97. The summed E-state index contributed by atoms with van der Waals surface area (Å²) in [6, 6.07) is 3.35. The average molecular weight is 343 g/mol. The highest BCUT2D eigenvalue weighted by atomic mass is 79.9. The van der Waals surface area contributed by atoms with Crippen molar-refractivity contribution >= 4 is 31.4 Å². The van der Waals surface area contributed by atoms with Gasteiger partial charge in [-0.3, -0.25) is 0 Å². The molecular formula is C10H7BrN4O3S. The minimum Gasteiger partial charge on any atom is -0.461 e.